The van der Waals surface area contributed by atoms with Crippen LogP contribution in [0.5, 0.6) is 0 Å². The number of carboxylic acid groups (broad SMARTS) is 1. The molecular formula is C13H10ClN5O4S. The highest BCUT2D eigenvalue weighted by Gasteiger charge is 2.46. The molecule has 4 heterocycles. The second-order valence-electron chi connectivity index (χ2n) is 5.23. The van der Waals surface area contributed by atoms with Crippen molar-refractivity contribution >= 4 is 33.2 Å². The zero-order valence-corrected chi connectivity index (χ0v) is 13.5. The Morgan fingerprint density at radius 1 is 1.42 bits per heavy atom. The summed E-state index contributed by atoms with van der Waals surface area (Å²) in [6.45, 7) is -0.134. The van der Waals surface area contributed by atoms with Gasteiger partial charge in [0.1, 0.15) is 5.65 Å². The number of hydrogen-bond acceptors (Lipinski definition) is 5. The Balaban J connectivity index is 1.90. The lowest BCUT2D eigenvalue weighted by Gasteiger charge is -2.21. The fourth-order valence-corrected chi connectivity index (χ4v) is 4.99. The Bertz CT molecular complexity index is 1070. The van der Waals surface area contributed by atoms with Gasteiger partial charge < -0.3 is 5.11 Å². The van der Waals surface area contributed by atoms with Crippen molar-refractivity contribution < 1.29 is 18.3 Å². The number of carboxylic acids is 1. The SMILES string of the molecule is O=C(O)C1c2cn[nH]c2CN1S(=O)(=O)c1c(Cl)nc2ccccn12. The molecule has 0 aliphatic carbocycles. The first kappa shape index (κ1) is 15.1. The average molecular weight is 368 g/mol. The van der Waals surface area contributed by atoms with E-state index >= 15 is 0 Å². The number of nitrogens with one attached hydrogen (secondary N) is 1. The molecule has 11 heteroatoms. The summed E-state index contributed by atoms with van der Waals surface area (Å²) in [5.74, 6) is -1.29. The number of hydrogen-bond donors (Lipinski definition) is 2. The molecule has 0 radical (unpaired) electrons. The minimum absolute atomic E-state index is 0.134. The van der Waals surface area contributed by atoms with Crippen LogP contribution in [0.15, 0.2) is 35.6 Å². The number of imidazole rings is 1. The largest absolute Gasteiger partial charge is 0.480 e. The number of nitrogens with zero attached hydrogens (tertiary/aromatic N) is 4. The molecule has 3 aromatic heterocycles. The molecule has 1 aliphatic heterocycles. The molecule has 9 nitrogen and oxygen atoms in total. The number of halogens is 1. The Hall–Kier alpha value is -2.43. The van der Waals surface area contributed by atoms with Gasteiger partial charge in [-0.25, -0.2) is 13.4 Å². The smallest absolute Gasteiger partial charge is 0.326 e. The molecule has 0 saturated carbocycles. The third kappa shape index (κ3) is 1.97. The second kappa shape index (κ2) is 5.03. The van der Waals surface area contributed by atoms with Crippen molar-refractivity contribution in [3.8, 4) is 0 Å². The highest BCUT2D eigenvalue weighted by molar-refractivity contribution is 7.89. The minimum atomic E-state index is -4.21. The monoisotopic (exact) mass is 367 g/mol. The van der Waals surface area contributed by atoms with Gasteiger partial charge in [-0.15, -0.1) is 0 Å². The molecule has 24 heavy (non-hydrogen) atoms. The number of fused-ring (bicyclic) bond motifs is 2. The van der Waals surface area contributed by atoms with Crippen LogP contribution in [0.3, 0.4) is 0 Å². The van der Waals surface area contributed by atoms with Gasteiger partial charge in [0.25, 0.3) is 10.0 Å². The summed E-state index contributed by atoms with van der Waals surface area (Å²) in [6, 6.07) is 3.57. The van der Waals surface area contributed by atoms with E-state index in [1.807, 2.05) is 0 Å². The Labute approximate surface area is 140 Å². The van der Waals surface area contributed by atoms with E-state index in [-0.39, 0.29) is 16.7 Å². The van der Waals surface area contributed by atoms with Gasteiger partial charge in [-0.3, -0.25) is 14.3 Å². The molecule has 1 unspecified atom stereocenters. The first-order valence-electron chi connectivity index (χ1n) is 6.80. The van der Waals surface area contributed by atoms with Crippen LogP contribution in [-0.2, 0) is 21.4 Å². The zero-order chi connectivity index (χ0) is 17.1. The number of aromatic nitrogens is 4. The van der Waals surface area contributed by atoms with Gasteiger partial charge in [-0.05, 0) is 12.1 Å². The van der Waals surface area contributed by atoms with Crippen molar-refractivity contribution in [2.45, 2.75) is 17.6 Å². The van der Waals surface area contributed by atoms with Crippen LogP contribution in [0.4, 0.5) is 0 Å². The Morgan fingerprint density at radius 3 is 2.96 bits per heavy atom. The molecule has 1 atom stereocenters. The minimum Gasteiger partial charge on any atom is -0.480 e. The summed E-state index contributed by atoms with van der Waals surface area (Å²) in [5.41, 5.74) is 1.11. The van der Waals surface area contributed by atoms with Crippen molar-refractivity contribution in [3.05, 3.63) is 47.0 Å². The van der Waals surface area contributed by atoms with Crippen molar-refractivity contribution in [2.24, 2.45) is 0 Å². The molecule has 4 rings (SSSR count). The van der Waals surface area contributed by atoms with Gasteiger partial charge >= 0.3 is 5.97 Å². The lowest BCUT2D eigenvalue weighted by atomic mass is 10.2. The molecule has 2 N–H and O–H groups in total. The summed E-state index contributed by atoms with van der Waals surface area (Å²) < 4.78 is 28.4. The first-order valence-corrected chi connectivity index (χ1v) is 8.62. The number of pyridine rings is 1. The molecule has 1 aliphatic rings. The molecule has 0 bridgehead atoms. The molecule has 3 aromatic rings. The van der Waals surface area contributed by atoms with Crippen LogP contribution < -0.4 is 0 Å². The summed E-state index contributed by atoms with van der Waals surface area (Å²) in [7, 11) is -4.21. The first-order chi connectivity index (χ1) is 11.4. The van der Waals surface area contributed by atoms with Gasteiger partial charge in [-0.1, -0.05) is 17.7 Å². The van der Waals surface area contributed by atoms with E-state index in [9.17, 15) is 18.3 Å². The number of carbonyl (C=O) groups is 1. The lowest BCUT2D eigenvalue weighted by molar-refractivity contribution is -0.141. The van der Waals surface area contributed by atoms with Gasteiger partial charge in [0.05, 0.1) is 18.4 Å². The molecule has 124 valence electrons. The van der Waals surface area contributed by atoms with E-state index < -0.39 is 22.0 Å². The fraction of sp³-hybridized carbons (Fsp3) is 0.154. The molecule has 0 aromatic carbocycles. The third-order valence-electron chi connectivity index (χ3n) is 3.88. The summed E-state index contributed by atoms with van der Waals surface area (Å²) in [4.78, 5) is 15.6. The molecule has 0 fully saturated rings. The topological polar surface area (TPSA) is 121 Å². The standard InChI is InChI=1S/C13H10ClN5O4S/c14-11-12(18-4-2-1-3-9(18)16-11)24(22,23)19-6-8-7(5-15-17-8)10(19)13(20)21/h1-5,10H,6H2,(H,15,17)(H,20,21). The van der Waals surface area contributed by atoms with Gasteiger partial charge in [0.15, 0.2) is 16.2 Å². The Morgan fingerprint density at radius 2 is 2.21 bits per heavy atom. The maximum absolute atomic E-state index is 13.1. The van der Waals surface area contributed by atoms with Crippen LogP contribution in [0.1, 0.15) is 17.3 Å². The predicted molar refractivity (Wildman–Crippen MR) is 81.9 cm³/mol. The predicted octanol–water partition coefficient (Wildman–Crippen LogP) is 1.04. The van der Waals surface area contributed by atoms with Gasteiger partial charge in [-0.2, -0.15) is 9.40 Å². The molecule has 0 saturated heterocycles. The maximum Gasteiger partial charge on any atom is 0.326 e. The van der Waals surface area contributed by atoms with Crippen molar-refractivity contribution in [1.29, 1.82) is 0 Å². The van der Waals surface area contributed by atoms with E-state index in [0.29, 0.717) is 16.9 Å². The van der Waals surface area contributed by atoms with Crippen LogP contribution in [0.25, 0.3) is 5.65 Å². The van der Waals surface area contributed by atoms with Gasteiger partial charge in [0, 0.05) is 11.8 Å². The van der Waals surface area contributed by atoms with Crippen LogP contribution in [0, 0.1) is 0 Å². The zero-order valence-electron chi connectivity index (χ0n) is 11.9. The van der Waals surface area contributed by atoms with Crippen molar-refractivity contribution in [2.75, 3.05) is 0 Å². The highest BCUT2D eigenvalue weighted by atomic mass is 35.5. The fourth-order valence-electron chi connectivity index (χ4n) is 2.85. The average Bonchev–Trinajstić information content (AvgIpc) is 3.16. The molecular weight excluding hydrogens is 358 g/mol. The van der Waals surface area contributed by atoms with E-state index in [1.165, 1.54) is 16.8 Å². The second-order valence-corrected chi connectivity index (χ2v) is 7.40. The normalized spacial score (nSPS) is 18.1. The Kier molecular flexibility index (Phi) is 3.17. The maximum atomic E-state index is 13.1. The number of rotatable bonds is 3. The van der Waals surface area contributed by atoms with Crippen LogP contribution in [-0.4, -0.2) is 43.4 Å². The van der Waals surface area contributed by atoms with Crippen molar-refractivity contribution in [3.63, 3.8) is 0 Å². The van der Waals surface area contributed by atoms with Crippen LogP contribution >= 0.6 is 11.6 Å². The third-order valence-corrected chi connectivity index (χ3v) is 6.09. The van der Waals surface area contributed by atoms with Gasteiger partial charge in [0.2, 0.25) is 0 Å². The van der Waals surface area contributed by atoms with E-state index in [4.69, 9.17) is 11.6 Å². The van der Waals surface area contributed by atoms with Crippen LogP contribution in [0.2, 0.25) is 5.15 Å². The summed E-state index contributed by atoms with van der Waals surface area (Å²) >= 11 is 6.04. The number of aromatic amines is 1. The summed E-state index contributed by atoms with van der Waals surface area (Å²) in [5, 5.41) is 15.4. The summed E-state index contributed by atoms with van der Waals surface area (Å²) in [6.07, 6.45) is 2.83. The van der Waals surface area contributed by atoms with E-state index in [0.717, 1.165) is 4.31 Å². The van der Waals surface area contributed by atoms with E-state index in [2.05, 4.69) is 15.2 Å². The molecule has 0 spiro atoms. The number of H-pyrrole nitrogens is 1. The van der Waals surface area contributed by atoms with E-state index in [1.54, 1.807) is 18.2 Å². The van der Waals surface area contributed by atoms with Crippen molar-refractivity contribution in [1.82, 2.24) is 23.9 Å². The lowest BCUT2D eigenvalue weighted by Crippen LogP contribution is -2.35. The quantitative estimate of drug-likeness (QED) is 0.713. The highest BCUT2D eigenvalue weighted by Crippen LogP contribution is 2.38. The number of aliphatic carboxylic acids is 1. The number of sulfonamides is 1. The molecule has 0 amide bonds.